The molecule has 2 aromatic rings. The largest absolute Gasteiger partial charge is 0.354 e. The van der Waals surface area contributed by atoms with Gasteiger partial charge in [0, 0.05) is 12.1 Å². The zero-order chi connectivity index (χ0) is 13.8. The average molecular weight is 267 g/mol. The Hall–Kier alpha value is -2.11. The maximum absolute atomic E-state index is 13.6. The first kappa shape index (κ1) is 13.3. The molecule has 3 nitrogen and oxygen atoms in total. The highest BCUT2D eigenvalue weighted by Gasteiger charge is 2.16. The van der Waals surface area contributed by atoms with Crippen molar-refractivity contribution in [2.24, 2.45) is 0 Å². The first-order valence-electron chi connectivity index (χ1n) is 5.84. The predicted molar refractivity (Wildman–Crippen MR) is 66.1 cm³/mol. The van der Waals surface area contributed by atoms with Crippen molar-refractivity contribution >= 4 is 5.95 Å². The summed E-state index contributed by atoms with van der Waals surface area (Å²) in [5.41, 5.74) is -0.481. The second-order valence-corrected chi connectivity index (χ2v) is 3.92. The number of aromatic nitrogens is 2. The Morgan fingerprint density at radius 3 is 2.68 bits per heavy atom. The molecule has 0 spiro atoms. The van der Waals surface area contributed by atoms with Crippen molar-refractivity contribution < 1.29 is 13.2 Å². The summed E-state index contributed by atoms with van der Waals surface area (Å²) in [4.78, 5) is 7.62. The van der Waals surface area contributed by atoms with Crippen LogP contribution in [0.25, 0.3) is 11.3 Å². The third-order valence-electron chi connectivity index (χ3n) is 2.48. The molecule has 19 heavy (non-hydrogen) atoms. The summed E-state index contributed by atoms with van der Waals surface area (Å²) in [6.07, 6.45) is 1.77. The molecule has 1 aromatic heterocycles. The van der Waals surface area contributed by atoms with Crippen LogP contribution in [0.15, 0.2) is 24.4 Å². The SMILES string of the molecule is CCCNc1ncc(F)c(-c2cccc(F)c2F)n1. The Kier molecular flexibility index (Phi) is 3.99. The van der Waals surface area contributed by atoms with E-state index < -0.39 is 17.5 Å². The van der Waals surface area contributed by atoms with E-state index in [4.69, 9.17) is 0 Å². The van der Waals surface area contributed by atoms with E-state index in [1.165, 1.54) is 12.1 Å². The van der Waals surface area contributed by atoms with Gasteiger partial charge in [0.1, 0.15) is 5.69 Å². The summed E-state index contributed by atoms with van der Waals surface area (Å²) in [5.74, 6) is -2.78. The van der Waals surface area contributed by atoms with Crippen LogP contribution in [0.4, 0.5) is 19.1 Å². The molecule has 0 atom stereocenters. The van der Waals surface area contributed by atoms with Gasteiger partial charge in [-0.2, -0.15) is 0 Å². The minimum Gasteiger partial charge on any atom is -0.354 e. The third-order valence-corrected chi connectivity index (χ3v) is 2.48. The monoisotopic (exact) mass is 267 g/mol. The van der Waals surface area contributed by atoms with E-state index in [1.807, 2.05) is 6.92 Å². The van der Waals surface area contributed by atoms with Crippen LogP contribution in [0.1, 0.15) is 13.3 Å². The predicted octanol–water partition coefficient (Wildman–Crippen LogP) is 3.38. The van der Waals surface area contributed by atoms with Crippen LogP contribution < -0.4 is 5.32 Å². The Morgan fingerprint density at radius 1 is 1.16 bits per heavy atom. The van der Waals surface area contributed by atoms with Gasteiger partial charge >= 0.3 is 0 Å². The van der Waals surface area contributed by atoms with E-state index in [-0.39, 0.29) is 17.2 Å². The van der Waals surface area contributed by atoms with E-state index in [2.05, 4.69) is 15.3 Å². The topological polar surface area (TPSA) is 37.8 Å². The summed E-state index contributed by atoms with van der Waals surface area (Å²) < 4.78 is 40.4. The lowest BCUT2D eigenvalue weighted by molar-refractivity contribution is 0.509. The van der Waals surface area contributed by atoms with Gasteiger partial charge in [0.15, 0.2) is 17.5 Å². The molecule has 1 N–H and O–H groups in total. The molecule has 1 aromatic carbocycles. The Morgan fingerprint density at radius 2 is 1.95 bits per heavy atom. The second-order valence-electron chi connectivity index (χ2n) is 3.92. The van der Waals surface area contributed by atoms with Crippen LogP contribution in [-0.4, -0.2) is 16.5 Å². The molecule has 2 rings (SSSR count). The fourth-order valence-electron chi connectivity index (χ4n) is 1.56. The van der Waals surface area contributed by atoms with Crippen LogP contribution in [0.2, 0.25) is 0 Å². The smallest absolute Gasteiger partial charge is 0.223 e. The molecule has 0 radical (unpaired) electrons. The van der Waals surface area contributed by atoms with E-state index in [0.29, 0.717) is 6.54 Å². The molecule has 0 bridgehead atoms. The highest BCUT2D eigenvalue weighted by molar-refractivity contribution is 5.61. The van der Waals surface area contributed by atoms with Gasteiger partial charge in [0.05, 0.1) is 6.20 Å². The molecule has 0 aliphatic heterocycles. The van der Waals surface area contributed by atoms with Gasteiger partial charge in [-0.3, -0.25) is 0 Å². The molecule has 0 fully saturated rings. The quantitative estimate of drug-likeness (QED) is 0.922. The van der Waals surface area contributed by atoms with Crippen LogP contribution in [-0.2, 0) is 0 Å². The summed E-state index contributed by atoms with van der Waals surface area (Å²) in [6, 6.07) is 3.54. The maximum Gasteiger partial charge on any atom is 0.223 e. The molecule has 0 amide bonds. The molecular formula is C13H12F3N3. The Labute approximate surface area is 108 Å². The molecule has 0 saturated heterocycles. The highest BCUT2D eigenvalue weighted by Crippen LogP contribution is 2.25. The van der Waals surface area contributed by atoms with Crippen LogP contribution in [0, 0.1) is 17.5 Å². The molecule has 0 aliphatic carbocycles. The summed E-state index contributed by atoms with van der Waals surface area (Å²) in [6.45, 7) is 2.56. The van der Waals surface area contributed by atoms with Gasteiger partial charge in [-0.25, -0.2) is 23.1 Å². The average Bonchev–Trinajstić information content (AvgIpc) is 2.41. The van der Waals surface area contributed by atoms with Crippen molar-refractivity contribution in [3.8, 4) is 11.3 Å². The lowest BCUT2D eigenvalue weighted by Crippen LogP contribution is -2.06. The van der Waals surface area contributed by atoms with Crippen molar-refractivity contribution in [1.82, 2.24) is 9.97 Å². The van der Waals surface area contributed by atoms with Crippen molar-refractivity contribution in [2.45, 2.75) is 13.3 Å². The number of nitrogens with one attached hydrogen (secondary N) is 1. The fraction of sp³-hybridized carbons (Fsp3) is 0.231. The molecular weight excluding hydrogens is 255 g/mol. The van der Waals surface area contributed by atoms with Gasteiger partial charge in [0.2, 0.25) is 5.95 Å². The number of benzene rings is 1. The van der Waals surface area contributed by atoms with Gasteiger partial charge in [-0.1, -0.05) is 13.0 Å². The Balaban J connectivity index is 2.45. The minimum atomic E-state index is -1.12. The molecule has 6 heteroatoms. The second kappa shape index (κ2) is 5.69. The number of anilines is 1. The highest BCUT2D eigenvalue weighted by atomic mass is 19.2. The van der Waals surface area contributed by atoms with Crippen molar-refractivity contribution in [1.29, 1.82) is 0 Å². The number of hydrogen-bond acceptors (Lipinski definition) is 3. The number of nitrogens with zero attached hydrogens (tertiary/aromatic N) is 2. The van der Waals surface area contributed by atoms with Crippen LogP contribution in [0.5, 0.6) is 0 Å². The number of hydrogen-bond donors (Lipinski definition) is 1. The van der Waals surface area contributed by atoms with Gasteiger partial charge < -0.3 is 5.32 Å². The van der Waals surface area contributed by atoms with Crippen molar-refractivity contribution in [3.63, 3.8) is 0 Å². The lowest BCUT2D eigenvalue weighted by Gasteiger charge is -2.07. The number of rotatable bonds is 4. The minimum absolute atomic E-state index is 0.182. The maximum atomic E-state index is 13.6. The van der Waals surface area contributed by atoms with E-state index in [9.17, 15) is 13.2 Å². The zero-order valence-corrected chi connectivity index (χ0v) is 10.3. The van der Waals surface area contributed by atoms with E-state index in [0.717, 1.165) is 18.7 Å². The van der Waals surface area contributed by atoms with Crippen LogP contribution >= 0.6 is 0 Å². The Bertz CT molecular complexity index is 587. The molecule has 100 valence electrons. The lowest BCUT2D eigenvalue weighted by atomic mass is 10.1. The summed E-state index contributed by atoms with van der Waals surface area (Å²) in [5, 5.41) is 2.86. The number of halogens is 3. The fourth-order valence-corrected chi connectivity index (χ4v) is 1.56. The molecule has 0 aliphatic rings. The normalized spacial score (nSPS) is 10.5. The summed E-state index contributed by atoms with van der Waals surface area (Å²) in [7, 11) is 0. The first-order valence-corrected chi connectivity index (χ1v) is 5.84. The first-order chi connectivity index (χ1) is 9.13. The zero-order valence-electron chi connectivity index (χ0n) is 10.3. The van der Waals surface area contributed by atoms with Gasteiger partial charge in [-0.05, 0) is 18.6 Å². The standard InChI is InChI=1S/C13H12F3N3/c1-2-6-17-13-18-7-10(15)12(19-13)8-4-3-5-9(14)11(8)16/h3-5,7H,2,6H2,1H3,(H,17,18,19). The molecule has 1 heterocycles. The van der Waals surface area contributed by atoms with E-state index >= 15 is 0 Å². The molecule has 0 saturated carbocycles. The van der Waals surface area contributed by atoms with E-state index in [1.54, 1.807) is 0 Å². The van der Waals surface area contributed by atoms with Gasteiger partial charge in [0.25, 0.3) is 0 Å². The molecule has 0 unspecified atom stereocenters. The van der Waals surface area contributed by atoms with Crippen molar-refractivity contribution in [3.05, 3.63) is 41.8 Å². The van der Waals surface area contributed by atoms with Gasteiger partial charge in [-0.15, -0.1) is 0 Å². The van der Waals surface area contributed by atoms with Crippen molar-refractivity contribution in [2.75, 3.05) is 11.9 Å². The van der Waals surface area contributed by atoms with Crippen LogP contribution in [0.3, 0.4) is 0 Å². The third kappa shape index (κ3) is 2.83. The summed E-state index contributed by atoms with van der Waals surface area (Å²) >= 11 is 0.